The van der Waals surface area contributed by atoms with Crippen LogP contribution in [0.1, 0.15) is 26.7 Å². The maximum absolute atomic E-state index is 12.5. The van der Waals surface area contributed by atoms with Crippen LogP contribution in [0.15, 0.2) is 0 Å². The number of carboxylic acids is 1. The number of aliphatic carboxylic acids is 1. The number of hydrogen-bond acceptors (Lipinski definition) is 3. The van der Waals surface area contributed by atoms with E-state index >= 15 is 0 Å². The molecule has 0 bridgehead atoms. The van der Waals surface area contributed by atoms with Gasteiger partial charge in [-0.3, -0.25) is 0 Å². The van der Waals surface area contributed by atoms with Crippen LogP contribution in [0.3, 0.4) is 0 Å². The number of hydrogen-bond donors (Lipinski definition) is 1. The fourth-order valence-corrected chi connectivity index (χ4v) is 3.72. The van der Waals surface area contributed by atoms with Crippen LogP contribution in [0.2, 0.25) is 0 Å². The number of rotatable bonds is 1. The van der Waals surface area contributed by atoms with E-state index in [-0.39, 0.29) is 12.1 Å². The smallest absolute Gasteiger partial charge is 0.326 e. The van der Waals surface area contributed by atoms with Crippen molar-refractivity contribution in [3.63, 3.8) is 0 Å². The van der Waals surface area contributed by atoms with Gasteiger partial charge in [0.2, 0.25) is 0 Å². The number of likely N-dealkylation sites (tertiary alicyclic amines) is 1. The molecule has 2 rings (SSSR count). The molecule has 0 aromatic heterocycles. The zero-order valence-electron chi connectivity index (χ0n) is 10.8. The second-order valence-corrected chi connectivity index (χ2v) is 6.47. The molecular weight excluding hydrogens is 252 g/mol. The minimum Gasteiger partial charge on any atom is -0.480 e. The number of carbonyl (C=O) groups excluding carboxylic acids is 1. The largest absolute Gasteiger partial charge is 0.480 e. The van der Waals surface area contributed by atoms with Crippen LogP contribution in [-0.2, 0) is 4.79 Å². The van der Waals surface area contributed by atoms with Crippen LogP contribution in [0.5, 0.6) is 0 Å². The van der Waals surface area contributed by atoms with Gasteiger partial charge in [0.05, 0.1) is 0 Å². The number of nitrogens with zero attached hydrogens (tertiary/aromatic N) is 2. The molecule has 6 heteroatoms. The third kappa shape index (κ3) is 2.43. The predicted molar refractivity (Wildman–Crippen MR) is 70.8 cm³/mol. The molecule has 0 radical (unpaired) electrons. The van der Waals surface area contributed by atoms with Gasteiger partial charge in [0.25, 0.3) is 0 Å². The predicted octanol–water partition coefficient (Wildman–Crippen LogP) is 1.48. The Morgan fingerprint density at radius 1 is 1.22 bits per heavy atom. The van der Waals surface area contributed by atoms with Crippen molar-refractivity contribution in [3.8, 4) is 0 Å². The van der Waals surface area contributed by atoms with Crippen molar-refractivity contribution in [1.29, 1.82) is 0 Å². The summed E-state index contributed by atoms with van der Waals surface area (Å²) in [4.78, 5) is 26.9. The molecule has 0 aromatic carbocycles. The van der Waals surface area contributed by atoms with Crippen LogP contribution >= 0.6 is 11.8 Å². The SMILES string of the molecule is CC1SCCN(C(=O)N2CCC[C@@H]2C(=O)O)C1C. The molecule has 2 amide bonds. The van der Waals surface area contributed by atoms with Gasteiger partial charge in [0.1, 0.15) is 6.04 Å². The highest BCUT2D eigenvalue weighted by Gasteiger charge is 2.39. The normalized spacial score (nSPS) is 32.7. The van der Waals surface area contributed by atoms with Gasteiger partial charge in [0, 0.05) is 30.1 Å². The van der Waals surface area contributed by atoms with E-state index in [1.807, 2.05) is 23.6 Å². The lowest BCUT2D eigenvalue weighted by Crippen LogP contribution is -2.55. The van der Waals surface area contributed by atoms with Crippen molar-refractivity contribution in [2.24, 2.45) is 0 Å². The van der Waals surface area contributed by atoms with Gasteiger partial charge in [-0.2, -0.15) is 11.8 Å². The molecule has 2 fully saturated rings. The van der Waals surface area contributed by atoms with Crippen molar-refractivity contribution in [2.45, 2.75) is 44.0 Å². The highest BCUT2D eigenvalue weighted by molar-refractivity contribution is 8.00. The van der Waals surface area contributed by atoms with E-state index in [2.05, 4.69) is 6.92 Å². The first-order valence-electron chi connectivity index (χ1n) is 6.44. The number of carbonyl (C=O) groups is 2. The fourth-order valence-electron chi connectivity index (χ4n) is 2.62. The van der Waals surface area contributed by atoms with E-state index < -0.39 is 12.0 Å². The van der Waals surface area contributed by atoms with Gasteiger partial charge in [-0.1, -0.05) is 6.92 Å². The highest BCUT2D eigenvalue weighted by Crippen LogP contribution is 2.27. The van der Waals surface area contributed by atoms with Crippen molar-refractivity contribution in [3.05, 3.63) is 0 Å². The molecule has 3 atom stereocenters. The molecule has 5 nitrogen and oxygen atoms in total. The maximum atomic E-state index is 12.5. The zero-order chi connectivity index (χ0) is 13.3. The van der Waals surface area contributed by atoms with E-state index in [9.17, 15) is 9.59 Å². The molecule has 102 valence electrons. The Morgan fingerprint density at radius 2 is 1.94 bits per heavy atom. The van der Waals surface area contributed by atoms with E-state index in [0.717, 1.165) is 18.7 Å². The maximum Gasteiger partial charge on any atom is 0.326 e. The molecule has 2 aliphatic heterocycles. The van der Waals surface area contributed by atoms with Gasteiger partial charge < -0.3 is 14.9 Å². The summed E-state index contributed by atoms with van der Waals surface area (Å²) in [5.41, 5.74) is 0. The number of thioether (sulfide) groups is 1. The highest BCUT2D eigenvalue weighted by atomic mass is 32.2. The van der Waals surface area contributed by atoms with E-state index in [0.29, 0.717) is 18.2 Å². The molecule has 18 heavy (non-hydrogen) atoms. The first-order chi connectivity index (χ1) is 8.52. The van der Waals surface area contributed by atoms with Gasteiger partial charge >= 0.3 is 12.0 Å². The molecular formula is C12H20N2O3S. The van der Waals surface area contributed by atoms with Crippen molar-refractivity contribution in [1.82, 2.24) is 9.80 Å². The second-order valence-electron chi connectivity index (χ2n) is 4.98. The summed E-state index contributed by atoms with van der Waals surface area (Å²) in [6.07, 6.45) is 1.36. The summed E-state index contributed by atoms with van der Waals surface area (Å²) in [5.74, 6) is 0.0518. The standard InChI is InChI=1S/C12H20N2O3S/c1-8-9(2)18-7-6-13(8)12(17)14-5-3-4-10(14)11(15)16/h8-10H,3-7H2,1-2H3,(H,15,16)/t8?,9?,10-/m1/s1. The lowest BCUT2D eigenvalue weighted by Gasteiger charge is -2.40. The number of urea groups is 1. The van der Waals surface area contributed by atoms with Crippen LogP contribution in [0.4, 0.5) is 4.79 Å². The Kier molecular flexibility index (Phi) is 4.04. The Labute approximate surface area is 112 Å². The number of carboxylic acid groups (broad SMARTS) is 1. The molecule has 0 spiro atoms. The molecule has 0 aliphatic carbocycles. The van der Waals surface area contributed by atoms with E-state index in [1.54, 1.807) is 0 Å². The average molecular weight is 272 g/mol. The van der Waals surface area contributed by atoms with Crippen molar-refractivity contribution >= 4 is 23.8 Å². The third-order valence-electron chi connectivity index (χ3n) is 3.91. The minimum absolute atomic E-state index is 0.0976. The van der Waals surface area contributed by atoms with Gasteiger partial charge in [0.15, 0.2) is 0 Å². The molecule has 2 aliphatic rings. The van der Waals surface area contributed by atoms with Crippen molar-refractivity contribution < 1.29 is 14.7 Å². The zero-order valence-corrected chi connectivity index (χ0v) is 11.7. The van der Waals surface area contributed by atoms with E-state index in [4.69, 9.17) is 5.11 Å². The summed E-state index contributed by atoms with van der Waals surface area (Å²) >= 11 is 1.87. The topological polar surface area (TPSA) is 60.9 Å². The van der Waals surface area contributed by atoms with Gasteiger partial charge in [-0.15, -0.1) is 0 Å². The first kappa shape index (κ1) is 13.5. The summed E-state index contributed by atoms with van der Waals surface area (Å²) in [7, 11) is 0. The summed E-state index contributed by atoms with van der Waals surface area (Å²) in [5, 5.41) is 9.54. The Morgan fingerprint density at radius 3 is 2.61 bits per heavy atom. The molecule has 0 saturated carbocycles. The molecule has 2 saturated heterocycles. The quantitative estimate of drug-likeness (QED) is 0.785. The average Bonchev–Trinajstić information content (AvgIpc) is 2.81. The molecule has 0 aromatic rings. The fraction of sp³-hybridized carbons (Fsp3) is 0.833. The van der Waals surface area contributed by atoms with Gasteiger partial charge in [-0.25, -0.2) is 9.59 Å². The third-order valence-corrected chi connectivity index (χ3v) is 5.25. The Bertz CT molecular complexity index is 350. The summed E-state index contributed by atoms with van der Waals surface area (Å²) in [6.45, 7) is 5.45. The lowest BCUT2D eigenvalue weighted by molar-refractivity contribution is -0.141. The Hall–Kier alpha value is -0.910. The van der Waals surface area contributed by atoms with Crippen LogP contribution < -0.4 is 0 Å². The first-order valence-corrected chi connectivity index (χ1v) is 7.49. The van der Waals surface area contributed by atoms with Crippen LogP contribution in [-0.4, -0.2) is 63.1 Å². The number of amides is 2. The molecule has 2 unspecified atom stereocenters. The monoisotopic (exact) mass is 272 g/mol. The molecule has 1 N–H and O–H groups in total. The lowest BCUT2D eigenvalue weighted by atomic mass is 10.2. The van der Waals surface area contributed by atoms with Gasteiger partial charge in [-0.05, 0) is 19.8 Å². The van der Waals surface area contributed by atoms with E-state index in [1.165, 1.54) is 4.90 Å². The van der Waals surface area contributed by atoms with Crippen molar-refractivity contribution in [2.75, 3.05) is 18.8 Å². The Balaban J connectivity index is 2.08. The van der Waals surface area contributed by atoms with Crippen LogP contribution in [0, 0.1) is 0 Å². The molecule has 2 heterocycles. The summed E-state index contributed by atoms with van der Waals surface area (Å²) in [6, 6.07) is -0.555. The van der Waals surface area contributed by atoms with Crippen LogP contribution in [0.25, 0.3) is 0 Å². The summed E-state index contributed by atoms with van der Waals surface area (Å²) < 4.78 is 0. The minimum atomic E-state index is -0.882. The second kappa shape index (κ2) is 5.38.